The number of hydrogen-bond acceptors (Lipinski definition) is 4. The van der Waals surface area contributed by atoms with E-state index in [1.54, 1.807) is 0 Å². The van der Waals surface area contributed by atoms with Crippen LogP contribution in [0.5, 0.6) is 0 Å². The second-order valence-electron chi connectivity index (χ2n) is 3.81. The predicted molar refractivity (Wildman–Crippen MR) is 49.9 cm³/mol. The summed E-state index contributed by atoms with van der Waals surface area (Å²) in [6, 6.07) is 0. The summed E-state index contributed by atoms with van der Waals surface area (Å²) in [5.74, 6) is -0.610. The summed E-state index contributed by atoms with van der Waals surface area (Å²) in [4.78, 5) is 10.2. The first kappa shape index (κ1) is 11.4. The highest BCUT2D eigenvalue weighted by atomic mass is 16.4. The summed E-state index contributed by atoms with van der Waals surface area (Å²) in [5.41, 5.74) is 0. The molecule has 0 bridgehead atoms. The number of carbonyl (C=O) groups is 1. The van der Waals surface area contributed by atoms with Crippen molar-refractivity contribution in [2.24, 2.45) is 5.92 Å². The normalized spacial score (nSPS) is 20.4. The molecule has 1 aliphatic rings. The number of carboxylic acids is 1. The Bertz CT molecular complexity index is 193. The second-order valence-corrected chi connectivity index (χ2v) is 3.81. The van der Waals surface area contributed by atoms with Gasteiger partial charge in [-0.15, -0.1) is 0 Å². The molecular weight excluding hydrogens is 186 g/mol. The lowest BCUT2D eigenvalue weighted by Crippen LogP contribution is -2.34. The van der Waals surface area contributed by atoms with Gasteiger partial charge in [0.15, 0.2) is 0 Å². The number of rotatable bonds is 7. The number of nitrogens with one attached hydrogen (secondary N) is 1. The van der Waals surface area contributed by atoms with E-state index in [0.717, 1.165) is 12.8 Å². The monoisotopic (exact) mass is 203 g/mol. The fourth-order valence-electron chi connectivity index (χ4n) is 1.32. The minimum atomic E-state index is -1.01. The van der Waals surface area contributed by atoms with Crippen molar-refractivity contribution in [3.05, 3.63) is 0 Å². The lowest BCUT2D eigenvalue weighted by molar-refractivity contribution is -0.139. The van der Waals surface area contributed by atoms with E-state index in [0.29, 0.717) is 12.5 Å². The van der Waals surface area contributed by atoms with Gasteiger partial charge in [0.25, 0.3) is 0 Å². The Labute approximate surface area is 82.7 Å². The van der Waals surface area contributed by atoms with E-state index >= 15 is 0 Å². The van der Waals surface area contributed by atoms with Crippen LogP contribution in [-0.4, -0.2) is 46.6 Å². The van der Waals surface area contributed by atoms with Crippen LogP contribution in [0.4, 0.5) is 0 Å². The van der Waals surface area contributed by atoms with E-state index in [1.165, 1.54) is 0 Å². The number of aliphatic hydroxyl groups excluding tert-OH is 2. The standard InChI is InChI=1S/C9H17NO4/c11-7(3-9(13)14)4-10-5-8(12)6-1-2-6/h6-8,10-12H,1-5H2,(H,13,14). The van der Waals surface area contributed by atoms with E-state index in [-0.39, 0.29) is 19.1 Å². The summed E-state index contributed by atoms with van der Waals surface area (Å²) in [6.45, 7) is 0.650. The highest BCUT2D eigenvalue weighted by Gasteiger charge is 2.29. The molecule has 1 saturated carbocycles. The maximum absolute atomic E-state index is 10.2. The summed E-state index contributed by atoms with van der Waals surface area (Å²) >= 11 is 0. The molecule has 0 heterocycles. The fraction of sp³-hybridized carbons (Fsp3) is 0.889. The van der Waals surface area contributed by atoms with Gasteiger partial charge in [-0.2, -0.15) is 0 Å². The Morgan fingerprint density at radius 2 is 2.00 bits per heavy atom. The fourth-order valence-corrected chi connectivity index (χ4v) is 1.32. The number of aliphatic carboxylic acids is 1. The molecule has 0 amide bonds. The Kier molecular flexibility index (Phi) is 4.31. The van der Waals surface area contributed by atoms with Crippen LogP contribution in [0.2, 0.25) is 0 Å². The molecule has 5 heteroatoms. The zero-order valence-electron chi connectivity index (χ0n) is 8.02. The number of carboxylic acid groups (broad SMARTS) is 1. The van der Waals surface area contributed by atoms with Gasteiger partial charge < -0.3 is 20.6 Å². The molecule has 2 atom stereocenters. The molecule has 0 aromatic rings. The number of aliphatic hydroxyl groups is 2. The van der Waals surface area contributed by atoms with Crippen molar-refractivity contribution in [2.45, 2.75) is 31.5 Å². The summed E-state index contributed by atoms with van der Waals surface area (Å²) in [5, 5.41) is 29.8. The molecule has 82 valence electrons. The van der Waals surface area contributed by atoms with Crippen LogP contribution in [0, 0.1) is 5.92 Å². The van der Waals surface area contributed by atoms with Crippen molar-refractivity contribution in [1.82, 2.24) is 5.32 Å². The van der Waals surface area contributed by atoms with Crippen molar-refractivity contribution in [2.75, 3.05) is 13.1 Å². The van der Waals surface area contributed by atoms with Crippen molar-refractivity contribution in [1.29, 1.82) is 0 Å². The molecule has 1 aliphatic carbocycles. The molecule has 0 aliphatic heterocycles. The first-order valence-electron chi connectivity index (χ1n) is 4.88. The molecule has 4 N–H and O–H groups in total. The van der Waals surface area contributed by atoms with Crippen molar-refractivity contribution >= 4 is 5.97 Å². The Morgan fingerprint density at radius 3 is 2.50 bits per heavy atom. The van der Waals surface area contributed by atoms with Gasteiger partial charge >= 0.3 is 5.97 Å². The Morgan fingerprint density at radius 1 is 1.36 bits per heavy atom. The van der Waals surface area contributed by atoms with Crippen LogP contribution in [-0.2, 0) is 4.79 Å². The highest BCUT2D eigenvalue weighted by molar-refractivity contribution is 5.67. The molecule has 0 spiro atoms. The maximum atomic E-state index is 10.2. The van der Waals surface area contributed by atoms with Crippen LogP contribution in [0.15, 0.2) is 0 Å². The van der Waals surface area contributed by atoms with E-state index < -0.39 is 12.1 Å². The quantitative estimate of drug-likeness (QED) is 0.434. The van der Waals surface area contributed by atoms with Crippen LogP contribution in [0.1, 0.15) is 19.3 Å². The third kappa shape index (κ3) is 4.55. The predicted octanol–water partition coefficient (Wildman–Crippen LogP) is -0.818. The third-order valence-electron chi connectivity index (χ3n) is 2.31. The van der Waals surface area contributed by atoms with Gasteiger partial charge in [0.05, 0.1) is 18.6 Å². The van der Waals surface area contributed by atoms with E-state index in [2.05, 4.69) is 5.32 Å². The molecule has 14 heavy (non-hydrogen) atoms. The lowest BCUT2D eigenvalue weighted by atomic mass is 10.2. The van der Waals surface area contributed by atoms with Gasteiger partial charge in [-0.1, -0.05) is 0 Å². The smallest absolute Gasteiger partial charge is 0.306 e. The first-order chi connectivity index (χ1) is 6.59. The first-order valence-corrected chi connectivity index (χ1v) is 4.88. The molecule has 2 unspecified atom stereocenters. The van der Waals surface area contributed by atoms with Gasteiger partial charge in [0.1, 0.15) is 0 Å². The average Bonchev–Trinajstić information content (AvgIpc) is 2.84. The molecule has 1 fully saturated rings. The maximum Gasteiger partial charge on any atom is 0.306 e. The molecule has 0 radical (unpaired) electrons. The molecule has 0 saturated heterocycles. The molecular formula is C9H17NO4. The summed E-state index contributed by atoms with van der Waals surface area (Å²) < 4.78 is 0. The minimum absolute atomic E-state index is 0.218. The van der Waals surface area contributed by atoms with Crippen molar-refractivity contribution in [3.8, 4) is 0 Å². The second kappa shape index (κ2) is 5.29. The van der Waals surface area contributed by atoms with E-state index in [4.69, 9.17) is 10.2 Å². The molecule has 1 rings (SSSR count). The summed E-state index contributed by atoms with van der Waals surface area (Å²) in [7, 11) is 0. The number of hydrogen-bond donors (Lipinski definition) is 4. The Balaban J connectivity index is 1.99. The zero-order chi connectivity index (χ0) is 10.6. The largest absolute Gasteiger partial charge is 0.481 e. The lowest BCUT2D eigenvalue weighted by Gasteiger charge is -2.12. The van der Waals surface area contributed by atoms with Gasteiger partial charge in [-0.05, 0) is 18.8 Å². The average molecular weight is 203 g/mol. The SMILES string of the molecule is O=C(O)CC(O)CNCC(O)C1CC1. The Hall–Kier alpha value is -0.650. The van der Waals surface area contributed by atoms with Gasteiger partial charge in [-0.3, -0.25) is 4.79 Å². The van der Waals surface area contributed by atoms with Gasteiger partial charge in [0, 0.05) is 13.1 Å². The van der Waals surface area contributed by atoms with Gasteiger partial charge in [0.2, 0.25) is 0 Å². The van der Waals surface area contributed by atoms with Crippen LogP contribution in [0.3, 0.4) is 0 Å². The third-order valence-corrected chi connectivity index (χ3v) is 2.31. The van der Waals surface area contributed by atoms with Crippen LogP contribution in [0.25, 0.3) is 0 Å². The topological polar surface area (TPSA) is 89.8 Å². The van der Waals surface area contributed by atoms with Crippen LogP contribution >= 0.6 is 0 Å². The van der Waals surface area contributed by atoms with Gasteiger partial charge in [-0.25, -0.2) is 0 Å². The van der Waals surface area contributed by atoms with E-state index in [1.807, 2.05) is 0 Å². The molecule has 5 nitrogen and oxygen atoms in total. The minimum Gasteiger partial charge on any atom is -0.481 e. The van der Waals surface area contributed by atoms with Crippen molar-refractivity contribution in [3.63, 3.8) is 0 Å². The zero-order valence-corrected chi connectivity index (χ0v) is 8.02. The van der Waals surface area contributed by atoms with Crippen molar-refractivity contribution < 1.29 is 20.1 Å². The summed E-state index contributed by atoms with van der Waals surface area (Å²) in [6.07, 6.45) is 0.652. The van der Waals surface area contributed by atoms with Crippen LogP contribution < -0.4 is 5.32 Å². The molecule has 0 aromatic heterocycles. The highest BCUT2D eigenvalue weighted by Crippen LogP contribution is 2.32. The molecule has 0 aromatic carbocycles. The van der Waals surface area contributed by atoms with E-state index in [9.17, 15) is 9.90 Å².